The molecule has 0 bridgehead atoms. The van der Waals surface area contributed by atoms with Crippen molar-refractivity contribution in [3.63, 3.8) is 0 Å². The summed E-state index contributed by atoms with van der Waals surface area (Å²) in [6.45, 7) is 9.54. The second-order valence-electron chi connectivity index (χ2n) is 7.43. The molecule has 0 spiro atoms. The van der Waals surface area contributed by atoms with E-state index in [-0.39, 0.29) is 25.4 Å². The second kappa shape index (κ2) is 11.2. The zero-order valence-corrected chi connectivity index (χ0v) is 18.7. The van der Waals surface area contributed by atoms with E-state index in [9.17, 15) is 14.7 Å². The third kappa shape index (κ3) is 6.37. The maximum Gasteiger partial charge on any atom is 0.348 e. The predicted octanol–water partition coefficient (Wildman–Crippen LogP) is 1.94. The van der Waals surface area contributed by atoms with Gasteiger partial charge in [-0.15, -0.1) is 17.8 Å². The van der Waals surface area contributed by atoms with Crippen LogP contribution in [0.25, 0.3) is 10.2 Å². The minimum absolute atomic E-state index is 0.134. The summed E-state index contributed by atoms with van der Waals surface area (Å²) in [4.78, 5) is 35.1. The SMILES string of the molecule is C#CCOCC(O)CN(Cc1nc2sc(C(=O)OCC)c(C)c2c(=O)[nH]1)CC(C)C. The first-order chi connectivity index (χ1) is 14.3. The van der Waals surface area contributed by atoms with Gasteiger partial charge in [-0.05, 0) is 25.3 Å². The van der Waals surface area contributed by atoms with Crippen molar-refractivity contribution >= 4 is 27.5 Å². The fraction of sp³-hybridized carbons (Fsp3) is 0.571. The standard InChI is InChI=1S/C21H29N3O5S/c1-6-8-28-12-15(25)10-24(9-13(3)4)11-16-22-19(26)17-14(5)18(21(27)29-7-2)30-20(17)23-16/h1,13,15,25H,7-12H2,2-5H3,(H,22,23,26). The molecule has 1 unspecified atom stereocenters. The zero-order chi connectivity index (χ0) is 22.3. The molecule has 2 N–H and O–H groups in total. The second-order valence-corrected chi connectivity index (χ2v) is 8.43. The number of esters is 1. The summed E-state index contributed by atoms with van der Waals surface area (Å²) in [7, 11) is 0. The quantitative estimate of drug-likeness (QED) is 0.316. The van der Waals surface area contributed by atoms with E-state index in [2.05, 4.69) is 29.7 Å². The highest BCUT2D eigenvalue weighted by Gasteiger charge is 2.21. The Morgan fingerprint density at radius 2 is 2.13 bits per heavy atom. The van der Waals surface area contributed by atoms with Crippen LogP contribution in [0.5, 0.6) is 0 Å². The number of aryl methyl sites for hydroxylation is 1. The number of hydrogen-bond acceptors (Lipinski definition) is 8. The number of aliphatic hydroxyl groups is 1. The van der Waals surface area contributed by atoms with Gasteiger partial charge in [0.15, 0.2) is 0 Å². The molecule has 2 aromatic heterocycles. The number of ether oxygens (including phenoxy) is 2. The van der Waals surface area contributed by atoms with Gasteiger partial charge < -0.3 is 19.6 Å². The highest BCUT2D eigenvalue weighted by atomic mass is 32.1. The van der Waals surface area contributed by atoms with Crippen LogP contribution in [-0.4, -0.2) is 65.0 Å². The van der Waals surface area contributed by atoms with Crippen molar-refractivity contribution in [1.29, 1.82) is 0 Å². The third-order valence-corrected chi connectivity index (χ3v) is 5.44. The van der Waals surface area contributed by atoms with Crippen LogP contribution in [0.1, 0.15) is 41.8 Å². The van der Waals surface area contributed by atoms with E-state index in [1.165, 1.54) is 0 Å². The van der Waals surface area contributed by atoms with Gasteiger partial charge in [-0.3, -0.25) is 9.69 Å². The van der Waals surface area contributed by atoms with E-state index in [4.69, 9.17) is 15.9 Å². The summed E-state index contributed by atoms with van der Waals surface area (Å²) in [5, 5.41) is 10.6. The van der Waals surface area contributed by atoms with E-state index in [0.717, 1.165) is 11.3 Å². The third-order valence-electron chi connectivity index (χ3n) is 4.27. The lowest BCUT2D eigenvalue weighted by atomic mass is 10.2. The Balaban J connectivity index is 2.25. The number of aliphatic hydroxyl groups excluding tert-OH is 1. The Morgan fingerprint density at radius 1 is 1.40 bits per heavy atom. The summed E-state index contributed by atoms with van der Waals surface area (Å²) in [5.41, 5.74) is 0.288. The van der Waals surface area contributed by atoms with Crippen molar-refractivity contribution < 1.29 is 19.4 Å². The van der Waals surface area contributed by atoms with E-state index in [1.807, 2.05) is 4.90 Å². The van der Waals surface area contributed by atoms with Crippen molar-refractivity contribution in [3.8, 4) is 12.3 Å². The lowest BCUT2D eigenvalue weighted by Crippen LogP contribution is -2.37. The molecule has 8 nitrogen and oxygen atoms in total. The molecule has 2 aromatic rings. The van der Waals surface area contributed by atoms with Crippen LogP contribution in [0.4, 0.5) is 0 Å². The number of nitrogens with one attached hydrogen (secondary N) is 1. The molecule has 9 heteroatoms. The van der Waals surface area contributed by atoms with Gasteiger partial charge in [0.1, 0.15) is 22.1 Å². The van der Waals surface area contributed by atoms with Crippen molar-refractivity contribution in [2.75, 3.05) is 32.9 Å². The summed E-state index contributed by atoms with van der Waals surface area (Å²) in [5.74, 6) is 2.74. The van der Waals surface area contributed by atoms with Gasteiger partial charge in [0.05, 0.1) is 31.2 Å². The number of H-pyrrole nitrogens is 1. The van der Waals surface area contributed by atoms with Crippen LogP contribution in [0.15, 0.2) is 4.79 Å². The highest BCUT2D eigenvalue weighted by molar-refractivity contribution is 7.20. The molecule has 2 heterocycles. The average Bonchev–Trinajstić information content (AvgIpc) is 2.98. The number of aromatic nitrogens is 2. The van der Waals surface area contributed by atoms with Crippen LogP contribution in [0.2, 0.25) is 0 Å². The molecule has 164 valence electrons. The molecular formula is C21H29N3O5S. The van der Waals surface area contributed by atoms with Gasteiger partial charge in [0, 0.05) is 13.1 Å². The van der Waals surface area contributed by atoms with Gasteiger partial charge in [-0.25, -0.2) is 9.78 Å². The number of carbonyl (C=O) groups is 1. The van der Waals surface area contributed by atoms with Crippen LogP contribution < -0.4 is 5.56 Å². The first kappa shape index (κ1) is 24.0. The number of rotatable bonds is 11. The molecule has 0 saturated carbocycles. The normalized spacial score (nSPS) is 12.5. The molecular weight excluding hydrogens is 406 g/mol. The molecule has 30 heavy (non-hydrogen) atoms. The minimum Gasteiger partial charge on any atom is -0.462 e. The summed E-state index contributed by atoms with van der Waals surface area (Å²) in [6, 6.07) is 0. The molecule has 0 radical (unpaired) electrons. The topological polar surface area (TPSA) is 105 Å². The van der Waals surface area contributed by atoms with E-state index in [0.29, 0.717) is 52.0 Å². The monoisotopic (exact) mass is 435 g/mol. The number of carbonyl (C=O) groups excluding carboxylic acids is 1. The summed E-state index contributed by atoms with van der Waals surface area (Å²) >= 11 is 1.16. The molecule has 0 aliphatic rings. The van der Waals surface area contributed by atoms with Crippen LogP contribution >= 0.6 is 11.3 Å². The number of fused-ring (bicyclic) bond motifs is 1. The maximum atomic E-state index is 12.7. The summed E-state index contributed by atoms with van der Waals surface area (Å²) < 4.78 is 10.3. The fourth-order valence-corrected chi connectivity index (χ4v) is 4.29. The summed E-state index contributed by atoms with van der Waals surface area (Å²) in [6.07, 6.45) is 4.44. The van der Waals surface area contributed by atoms with Gasteiger partial charge in [-0.2, -0.15) is 0 Å². The van der Waals surface area contributed by atoms with Gasteiger partial charge in [-0.1, -0.05) is 19.8 Å². The van der Waals surface area contributed by atoms with Crippen LogP contribution in [-0.2, 0) is 16.0 Å². The number of nitrogens with zero attached hydrogens (tertiary/aromatic N) is 2. The Bertz CT molecular complexity index is 960. The molecule has 0 fully saturated rings. The van der Waals surface area contributed by atoms with Crippen molar-refractivity contribution in [2.45, 2.75) is 40.3 Å². The fourth-order valence-electron chi connectivity index (χ4n) is 3.19. The van der Waals surface area contributed by atoms with Crippen LogP contribution in [0.3, 0.4) is 0 Å². The van der Waals surface area contributed by atoms with Crippen molar-refractivity contribution in [3.05, 3.63) is 26.6 Å². The van der Waals surface area contributed by atoms with E-state index in [1.54, 1.807) is 13.8 Å². The lowest BCUT2D eigenvalue weighted by molar-refractivity contribution is 0.0232. The number of hydrogen-bond donors (Lipinski definition) is 2. The van der Waals surface area contributed by atoms with E-state index < -0.39 is 12.1 Å². The lowest BCUT2D eigenvalue weighted by Gasteiger charge is -2.26. The zero-order valence-electron chi connectivity index (χ0n) is 17.9. The predicted molar refractivity (Wildman–Crippen MR) is 117 cm³/mol. The molecule has 0 amide bonds. The molecule has 0 aromatic carbocycles. The van der Waals surface area contributed by atoms with Gasteiger partial charge in [0.25, 0.3) is 5.56 Å². The average molecular weight is 436 g/mol. The van der Waals surface area contributed by atoms with E-state index >= 15 is 0 Å². The Labute approximate surface area is 180 Å². The minimum atomic E-state index is -0.716. The molecule has 0 aliphatic carbocycles. The van der Waals surface area contributed by atoms with Crippen LogP contribution in [0, 0.1) is 25.2 Å². The van der Waals surface area contributed by atoms with Crippen molar-refractivity contribution in [2.24, 2.45) is 5.92 Å². The number of thiophene rings is 1. The number of aromatic amines is 1. The molecule has 0 aliphatic heterocycles. The van der Waals surface area contributed by atoms with Crippen molar-refractivity contribution in [1.82, 2.24) is 14.9 Å². The number of terminal acetylenes is 1. The smallest absolute Gasteiger partial charge is 0.348 e. The first-order valence-corrected chi connectivity index (χ1v) is 10.7. The molecule has 0 saturated heterocycles. The Hall–Kier alpha value is -2.25. The maximum absolute atomic E-state index is 12.7. The Kier molecular flexibility index (Phi) is 8.99. The molecule has 2 rings (SSSR count). The molecule has 1 atom stereocenters. The largest absolute Gasteiger partial charge is 0.462 e. The Morgan fingerprint density at radius 3 is 2.77 bits per heavy atom. The first-order valence-electron chi connectivity index (χ1n) is 9.87. The highest BCUT2D eigenvalue weighted by Crippen LogP contribution is 2.27. The van der Waals surface area contributed by atoms with Gasteiger partial charge in [0.2, 0.25) is 0 Å². The van der Waals surface area contributed by atoms with Gasteiger partial charge >= 0.3 is 5.97 Å².